The number of benzene rings is 1. The summed E-state index contributed by atoms with van der Waals surface area (Å²) in [5, 5.41) is 7.71. The number of anilines is 1. The minimum absolute atomic E-state index is 0.183. The molecule has 0 bridgehead atoms. The molecule has 4 nitrogen and oxygen atoms in total. The highest BCUT2D eigenvalue weighted by Gasteiger charge is 2.15. The first-order chi connectivity index (χ1) is 8.56. The number of carbonyl (C=O) groups excluding carboxylic acids is 1. The van der Waals surface area contributed by atoms with E-state index in [4.69, 9.17) is 23.2 Å². The Kier molecular flexibility index (Phi) is 3.89. The number of hydrogen-bond acceptors (Lipinski definition) is 2. The van der Waals surface area contributed by atoms with Crippen LogP contribution in [0.2, 0.25) is 10.0 Å². The lowest BCUT2D eigenvalue weighted by Crippen LogP contribution is -2.23. The van der Waals surface area contributed by atoms with E-state index in [1.54, 1.807) is 48.3 Å². The molecule has 6 heteroatoms. The van der Waals surface area contributed by atoms with Crippen molar-refractivity contribution in [2.45, 2.75) is 13.0 Å². The van der Waals surface area contributed by atoms with Gasteiger partial charge in [-0.2, -0.15) is 5.10 Å². The van der Waals surface area contributed by atoms with Gasteiger partial charge in [0, 0.05) is 28.1 Å². The van der Waals surface area contributed by atoms with Crippen LogP contribution in [0.5, 0.6) is 0 Å². The summed E-state index contributed by atoms with van der Waals surface area (Å²) in [4.78, 5) is 12.0. The van der Waals surface area contributed by atoms with Crippen LogP contribution in [0.3, 0.4) is 0 Å². The minimum atomic E-state index is -0.405. The second-order valence-electron chi connectivity index (χ2n) is 3.81. The van der Waals surface area contributed by atoms with Gasteiger partial charge in [-0.1, -0.05) is 23.2 Å². The van der Waals surface area contributed by atoms with E-state index in [0.29, 0.717) is 15.7 Å². The molecule has 1 heterocycles. The van der Waals surface area contributed by atoms with Gasteiger partial charge in [0.25, 0.3) is 0 Å². The summed E-state index contributed by atoms with van der Waals surface area (Å²) in [7, 11) is 0. The molecule has 1 N–H and O–H groups in total. The van der Waals surface area contributed by atoms with Crippen molar-refractivity contribution in [3.63, 3.8) is 0 Å². The highest BCUT2D eigenvalue weighted by atomic mass is 35.5. The Morgan fingerprint density at radius 3 is 2.56 bits per heavy atom. The van der Waals surface area contributed by atoms with Crippen LogP contribution in [-0.2, 0) is 4.79 Å². The molecule has 1 atom stereocenters. The predicted octanol–water partition coefficient (Wildman–Crippen LogP) is 3.39. The van der Waals surface area contributed by atoms with E-state index in [1.165, 1.54) is 0 Å². The molecule has 2 rings (SSSR count). The summed E-state index contributed by atoms with van der Waals surface area (Å²) in [5.74, 6) is -0.183. The molecule has 1 unspecified atom stereocenters. The van der Waals surface area contributed by atoms with Crippen molar-refractivity contribution in [3.8, 4) is 0 Å². The molecule has 0 saturated carbocycles. The van der Waals surface area contributed by atoms with Crippen LogP contribution in [0.15, 0.2) is 36.7 Å². The fourth-order valence-corrected chi connectivity index (χ4v) is 2.03. The molecule has 0 aliphatic heterocycles. The first kappa shape index (κ1) is 12.9. The lowest BCUT2D eigenvalue weighted by molar-refractivity contribution is -0.119. The number of hydrogen-bond donors (Lipinski definition) is 1. The molecule has 1 aromatic carbocycles. The molecular formula is C12H11Cl2N3O. The molecule has 1 amide bonds. The third-order valence-electron chi connectivity index (χ3n) is 2.43. The number of amides is 1. The summed E-state index contributed by atoms with van der Waals surface area (Å²) < 4.78 is 1.57. The number of halogens is 2. The molecule has 1 aromatic heterocycles. The molecule has 94 valence electrons. The zero-order valence-corrected chi connectivity index (χ0v) is 11.1. The minimum Gasteiger partial charge on any atom is -0.324 e. The Hall–Kier alpha value is -1.52. The van der Waals surface area contributed by atoms with Crippen molar-refractivity contribution in [1.82, 2.24) is 9.78 Å². The zero-order chi connectivity index (χ0) is 13.1. The number of carbonyl (C=O) groups is 1. The molecule has 0 radical (unpaired) electrons. The summed E-state index contributed by atoms with van der Waals surface area (Å²) in [6, 6.07) is 6.25. The zero-order valence-electron chi connectivity index (χ0n) is 9.60. The van der Waals surface area contributed by atoms with Crippen molar-refractivity contribution < 1.29 is 4.79 Å². The molecule has 0 aliphatic rings. The van der Waals surface area contributed by atoms with Crippen LogP contribution in [0.1, 0.15) is 13.0 Å². The van der Waals surface area contributed by atoms with E-state index in [-0.39, 0.29) is 5.91 Å². The molecule has 0 aliphatic carbocycles. The second-order valence-corrected chi connectivity index (χ2v) is 4.68. The third-order valence-corrected chi connectivity index (χ3v) is 2.87. The van der Waals surface area contributed by atoms with Crippen LogP contribution in [0, 0.1) is 0 Å². The first-order valence-corrected chi connectivity index (χ1v) is 6.08. The molecule has 0 fully saturated rings. The molecule has 0 saturated heterocycles. The summed E-state index contributed by atoms with van der Waals surface area (Å²) in [6.07, 6.45) is 3.36. The maximum atomic E-state index is 12.0. The summed E-state index contributed by atoms with van der Waals surface area (Å²) in [6.45, 7) is 1.76. The third kappa shape index (κ3) is 3.03. The van der Waals surface area contributed by atoms with Crippen molar-refractivity contribution in [2.75, 3.05) is 5.32 Å². The van der Waals surface area contributed by atoms with Gasteiger partial charge in [0.1, 0.15) is 6.04 Å². The van der Waals surface area contributed by atoms with Gasteiger partial charge in [0.15, 0.2) is 0 Å². The van der Waals surface area contributed by atoms with E-state index >= 15 is 0 Å². The normalized spacial score (nSPS) is 12.2. The van der Waals surface area contributed by atoms with Crippen molar-refractivity contribution >= 4 is 34.8 Å². The van der Waals surface area contributed by atoms with E-state index in [0.717, 1.165) is 0 Å². The standard InChI is InChI=1S/C12H11Cl2N3O/c1-8(17-4-2-3-15-17)12(18)16-11-6-9(13)5-10(14)7-11/h2-8H,1H3,(H,16,18). The average molecular weight is 284 g/mol. The van der Waals surface area contributed by atoms with Gasteiger partial charge in [-0.05, 0) is 31.2 Å². The van der Waals surface area contributed by atoms with E-state index in [9.17, 15) is 4.79 Å². The summed E-state index contributed by atoms with van der Waals surface area (Å²) >= 11 is 11.7. The lowest BCUT2D eigenvalue weighted by atomic mass is 10.2. The van der Waals surface area contributed by atoms with Crippen LogP contribution >= 0.6 is 23.2 Å². The number of rotatable bonds is 3. The maximum Gasteiger partial charge on any atom is 0.248 e. The van der Waals surface area contributed by atoms with Crippen LogP contribution in [0.4, 0.5) is 5.69 Å². The highest BCUT2D eigenvalue weighted by molar-refractivity contribution is 6.35. The van der Waals surface area contributed by atoms with E-state index in [1.807, 2.05) is 0 Å². The fraction of sp³-hybridized carbons (Fsp3) is 0.167. The van der Waals surface area contributed by atoms with Gasteiger partial charge in [-0.3, -0.25) is 9.48 Å². The molecular weight excluding hydrogens is 273 g/mol. The second kappa shape index (κ2) is 5.42. The van der Waals surface area contributed by atoms with Crippen molar-refractivity contribution in [3.05, 3.63) is 46.7 Å². The SMILES string of the molecule is CC(C(=O)Nc1cc(Cl)cc(Cl)c1)n1cccn1. The van der Waals surface area contributed by atoms with Crippen LogP contribution < -0.4 is 5.32 Å². The Labute approximate surface area is 115 Å². The fourth-order valence-electron chi connectivity index (χ4n) is 1.50. The highest BCUT2D eigenvalue weighted by Crippen LogP contribution is 2.23. The first-order valence-electron chi connectivity index (χ1n) is 5.32. The predicted molar refractivity (Wildman–Crippen MR) is 72.0 cm³/mol. The average Bonchev–Trinajstić information content (AvgIpc) is 2.79. The van der Waals surface area contributed by atoms with Crippen molar-refractivity contribution in [1.29, 1.82) is 0 Å². The number of aromatic nitrogens is 2. The van der Waals surface area contributed by atoms with Gasteiger partial charge in [0.05, 0.1) is 0 Å². The van der Waals surface area contributed by atoms with Gasteiger partial charge >= 0.3 is 0 Å². The monoisotopic (exact) mass is 283 g/mol. The molecule has 18 heavy (non-hydrogen) atoms. The Bertz CT molecular complexity index is 534. The smallest absolute Gasteiger partial charge is 0.248 e. The Morgan fingerprint density at radius 2 is 2.00 bits per heavy atom. The summed E-state index contributed by atoms with van der Waals surface area (Å²) in [5.41, 5.74) is 0.566. The van der Waals surface area contributed by atoms with E-state index < -0.39 is 6.04 Å². The van der Waals surface area contributed by atoms with Crippen LogP contribution in [-0.4, -0.2) is 15.7 Å². The van der Waals surface area contributed by atoms with Gasteiger partial charge in [-0.15, -0.1) is 0 Å². The van der Waals surface area contributed by atoms with Gasteiger partial charge < -0.3 is 5.32 Å². The van der Waals surface area contributed by atoms with E-state index in [2.05, 4.69) is 10.4 Å². The Morgan fingerprint density at radius 1 is 1.33 bits per heavy atom. The van der Waals surface area contributed by atoms with Gasteiger partial charge in [-0.25, -0.2) is 0 Å². The Balaban J connectivity index is 2.11. The van der Waals surface area contributed by atoms with Crippen LogP contribution in [0.25, 0.3) is 0 Å². The quantitative estimate of drug-likeness (QED) is 0.939. The number of nitrogens with zero attached hydrogens (tertiary/aromatic N) is 2. The lowest BCUT2D eigenvalue weighted by Gasteiger charge is -2.13. The topological polar surface area (TPSA) is 46.9 Å². The largest absolute Gasteiger partial charge is 0.324 e. The maximum absolute atomic E-state index is 12.0. The van der Waals surface area contributed by atoms with Crippen molar-refractivity contribution in [2.24, 2.45) is 0 Å². The molecule has 0 spiro atoms. The van der Waals surface area contributed by atoms with Gasteiger partial charge in [0.2, 0.25) is 5.91 Å². The molecule has 2 aromatic rings. The number of nitrogens with one attached hydrogen (secondary N) is 1.